The fourth-order valence-corrected chi connectivity index (χ4v) is 2.21. The van der Waals surface area contributed by atoms with Gasteiger partial charge in [-0.05, 0) is 31.5 Å². The number of nitrogens with one attached hydrogen (secondary N) is 1. The van der Waals surface area contributed by atoms with Crippen LogP contribution in [0, 0.1) is 11.7 Å². The van der Waals surface area contributed by atoms with Gasteiger partial charge in [-0.3, -0.25) is 0 Å². The highest BCUT2D eigenvalue weighted by atomic mass is 19.1. The van der Waals surface area contributed by atoms with Gasteiger partial charge in [-0.1, -0.05) is 0 Å². The van der Waals surface area contributed by atoms with Crippen molar-refractivity contribution in [3.05, 3.63) is 24.0 Å². The maximum absolute atomic E-state index is 13.0. The number of fused-ring (bicyclic) bond motifs is 1. The first-order chi connectivity index (χ1) is 7.83. The van der Waals surface area contributed by atoms with Crippen molar-refractivity contribution < 1.29 is 4.39 Å². The third kappa shape index (κ3) is 1.69. The number of rotatable bonds is 1. The molecule has 1 aromatic carbocycles. The van der Waals surface area contributed by atoms with Crippen molar-refractivity contribution in [2.45, 2.75) is 12.8 Å². The zero-order chi connectivity index (χ0) is 11.0. The van der Waals surface area contributed by atoms with Crippen LogP contribution < -0.4 is 10.6 Å². The van der Waals surface area contributed by atoms with E-state index in [1.165, 1.54) is 12.1 Å². The molecule has 1 N–H and O–H groups in total. The van der Waals surface area contributed by atoms with Gasteiger partial charge < -0.3 is 5.32 Å². The van der Waals surface area contributed by atoms with Crippen molar-refractivity contribution in [2.75, 3.05) is 13.1 Å². The molecule has 0 aliphatic carbocycles. The van der Waals surface area contributed by atoms with Crippen molar-refractivity contribution in [3.8, 4) is 0 Å². The highest BCUT2D eigenvalue weighted by Gasteiger charge is 2.25. The Labute approximate surface area is 93.8 Å². The van der Waals surface area contributed by atoms with Crippen LogP contribution in [-0.2, 0) is 0 Å². The molecule has 0 aromatic heterocycles. The highest BCUT2D eigenvalue weighted by Crippen LogP contribution is 2.33. The number of amidine groups is 1. The van der Waals surface area contributed by atoms with Crippen LogP contribution in [0.25, 0.3) is 0 Å². The second-order valence-corrected chi connectivity index (χ2v) is 4.26. The fraction of sp³-hybridized carbons (Fsp3) is 0.417. The van der Waals surface area contributed by atoms with E-state index in [1.54, 1.807) is 6.07 Å². The summed E-state index contributed by atoms with van der Waals surface area (Å²) in [4.78, 5) is 4.46. The van der Waals surface area contributed by atoms with Crippen LogP contribution in [0.2, 0.25) is 0 Å². The maximum atomic E-state index is 13.0. The molecule has 1 aromatic rings. The molecule has 83 valence electrons. The second-order valence-electron chi connectivity index (χ2n) is 4.26. The van der Waals surface area contributed by atoms with Gasteiger partial charge in [0.25, 0.3) is 0 Å². The van der Waals surface area contributed by atoms with Gasteiger partial charge in [0.05, 0.1) is 11.4 Å². The van der Waals surface area contributed by atoms with Crippen LogP contribution in [0.5, 0.6) is 0 Å². The van der Waals surface area contributed by atoms with E-state index in [4.69, 9.17) is 0 Å². The molecule has 2 aliphatic rings. The SMILES string of the molecule is Fc1ccc2c(c1)[N]C(C1CCCNC1)=N2. The quantitative estimate of drug-likeness (QED) is 0.770. The molecule has 1 saturated heterocycles. The molecule has 2 heterocycles. The van der Waals surface area contributed by atoms with E-state index in [-0.39, 0.29) is 5.82 Å². The predicted molar refractivity (Wildman–Crippen MR) is 60.9 cm³/mol. The first-order valence-electron chi connectivity index (χ1n) is 5.63. The number of piperidine rings is 1. The molecular formula is C12H13FN3. The summed E-state index contributed by atoms with van der Waals surface area (Å²) in [5.74, 6) is 0.984. The van der Waals surface area contributed by atoms with Gasteiger partial charge in [-0.25, -0.2) is 14.7 Å². The summed E-state index contributed by atoms with van der Waals surface area (Å²) in [7, 11) is 0. The molecule has 0 spiro atoms. The molecule has 2 aliphatic heterocycles. The summed E-state index contributed by atoms with van der Waals surface area (Å²) in [6, 6.07) is 4.57. The molecule has 1 unspecified atom stereocenters. The average Bonchev–Trinajstić information content (AvgIpc) is 2.73. The lowest BCUT2D eigenvalue weighted by Crippen LogP contribution is -2.36. The molecule has 3 nitrogen and oxygen atoms in total. The van der Waals surface area contributed by atoms with Crippen LogP contribution in [-0.4, -0.2) is 18.9 Å². The lowest BCUT2D eigenvalue weighted by Gasteiger charge is -2.21. The smallest absolute Gasteiger partial charge is 0.134 e. The van der Waals surface area contributed by atoms with Gasteiger partial charge in [0, 0.05) is 18.5 Å². The first kappa shape index (κ1) is 9.78. The summed E-state index contributed by atoms with van der Waals surface area (Å²) < 4.78 is 13.0. The van der Waals surface area contributed by atoms with Gasteiger partial charge in [-0.2, -0.15) is 0 Å². The normalized spacial score (nSPS) is 23.6. The number of nitrogens with zero attached hydrogens (tertiary/aromatic N) is 2. The Kier molecular flexibility index (Phi) is 2.36. The molecule has 1 atom stereocenters. The molecule has 1 radical (unpaired) electrons. The van der Waals surface area contributed by atoms with E-state index < -0.39 is 0 Å². The van der Waals surface area contributed by atoms with E-state index in [2.05, 4.69) is 15.6 Å². The van der Waals surface area contributed by atoms with E-state index in [0.717, 1.165) is 37.5 Å². The average molecular weight is 218 g/mol. The van der Waals surface area contributed by atoms with Crippen LogP contribution in [0.15, 0.2) is 23.2 Å². The Morgan fingerprint density at radius 1 is 1.31 bits per heavy atom. The van der Waals surface area contributed by atoms with E-state index >= 15 is 0 Å². The van der Waals surface area contributed by atoms with E-state index in [9.17, 15) is 4.39 Å². The Morgan fingerprint density at radius 2 is 2.25 bits per heavy atom. The van der Waals surface area contributed by atoms with Crippen LogP contribution in [0.3, 0.4) is 0 Å². The summed E-state index contributed by atoms with van der Waals surface area (Å²) in [6.07, 6.45) is 2.27. The lowest BCUT2D eigenvalue weighted by molar-refractivity contribution is 0.454. The maximum Gasteiger partial charge on any atom is 0.134 e. The molecule has 16 heavy (non-hydrogen) atoms. The minimum Gasteiger partial charge on any atom is -0.316 e. The Morgan fingerprint density at radius 3 is 3.06 bits per heavy atom. The Hall–Kier alpha value is -1.42. The predicted octanol–water partition coefficient (Wildman–Crippen LogP) is 2.10. The number of hydrogen-bond acceptors (Lipinski definition) is 2. The summed E-state index contributed by atoms with van der Waals surface area (Å²) >= 11 is 0. The lowest BCUT2D eigenvalue weighted by atomic mass is 9.98. The Balaban J connectivity index is 1.82. The number of halogens is 1. The third-order valence-corrected chi connectivity index (χ3v) is 3.07. The third-order valence-electron chi connectivity index (χ3n) is 3.07. The standard InChI is InChI=1S/C12H13FN3/c13-9-3-4-10-11(6-9)16-12(15-10)8-2-1-5-14-7-8/h3-4,6,8,14H,1-2,5,7H2. The summed E-state index contributed by atoms with van der Waals surface area (Å²) in [5, 5.41) is 7.74. The topological polar surface area (TPSA) is 38.5 Å². The molecule has 3 rings (SSSR count). The summed E-state index contributed by atoms with van der Waals surface area (Å²) in [6.45, 7) is 2.00. The largest absolute Gasteiger partial charge is 0.316 e. The zero-order valence-corrected chi connectivity index (χ0v) is 8.91. The second kappa shape index (κ2) is 3.87. The van der Waals surface area contributed by atoms with Crippen LogP contribution >= 0.6 is 0 Å². The van der Waals surface area contributed by atoms with Gasteiger partial charge in [0.2, 0.25) is 0 Å². The van der Waals surface area contributed by atoms with Crippen LogP contribution in [0.1, 0.15) is 12.8 Å². The first-order valence-corrected chi connectivity index (χ1v) is 5.63. The van der Waals surface area contributed by atoms with E-state index in [1.807, 2.05) is 0 Å². The molecule has 0 bridgehead atoms. The fourth-order valence-electron chi connectivity index (χ4n) is 2.21. The monoisotopic (exact) mass is 218 g/mol. The number of hydrogen-bond donors (Lipinski definition) is 1. The zero-order valence-electron chi connectivity index (χ0n) is 8.91. The Bertz CT molecular complexity index is 436. The van der Waals surface area contributed by atoms with Gasteiger partial charge in [-0.15, -0.1) is 0 Å². The highest BCUT2D eigenvalue weighted by molar-refractivity contribution is 5.97. The minimum absolute atomic E-state index is 0.249. The van der Waals surface area contributed by atoms with Crippen molar-refractivity contribution in [1.29, 1.82) is 0 Å². The number of aliphatic imine (C=N–C) groups is 1. The van der Waals surface area contributed by atoms with Crippen LogP contribution in [0.4, 0.5) is 15.8 Å². The van der Waals surface area contributed by atoms with Gasteiger partial charge in [0.1, 0.15) is 11.7 Å². The van der Waals surface area contributed by atoms with E-state index in [0.29, 0.717) is 11.6 Å². The van der Waals surface area contributed by atoms with Crippen molar-refractivity contribution >= 4 is 17.2 Å². The van der Waals surface area contributed by atoms with Gasteiger partial charge >= 0.3 is 0 Å². The van der Waals surface area contributed by atoms with Crippen molar-refractivity contribution in [3.63, 3.8) is 0 Å². The molecule has 0 amide bonds. The number of benzene rings is 1. The summed E-state index contributed by atoms with van der Waals surface area (Å²) in [5.41, 5.74) is 1.46. The molecular weight excluding hydrogens is 205 g/mol. The molecule has 0 saturated carbocycles. The van der Waals surface area contributed by atoms with Gasteiger partial charge in [0.15, 0.2) is 0 Å². The van der Waals surface area contributed by atoms with Crippen molar-refractivity contribution in [1.82, 2.24) is 10.6 Å². The van der Waals surface area contributed by atoms with Crippen molar-refractivity contribution in [2.24, 2.45) is 10.9 Å². The molecule has 1 fully saturated rings. The molecule has 4 heteroatoms. The minimum atomic E-state index is -0.249.